The van der Waals surface area contributed by atoms with Gasteiger partial charge in [0.1, 0.15) is 10.1 Å². The number of aliphatic hydroxyl groups is 1. The molecular formula is C23H47NaO4S. The van der Waals surface area contributed by atoms with Gasteiger partial charge >= 0.3 is 29.6 Å². The van der Waals surface area contributed by atoms with Gasteiger partial charge in [0.05, 0.1) is 0 Å². The summed E-state index contributed by atoms with van der Waals surface area (Å²) in [5, 5.41) is 10.3. The Balaban J connectivity index is 0. The molecule has 0 rings (SSSR count). The van der Waals surface area contributed by atoms with Crippen LogP contribution in [0.15, 0.2) is 0 Å². The number of unbranched alkanes of at least 4 members (excludes halogenated alkanes) is 16. The predicted molar refractivity (Wildman–Crippen MR) is 118 cm³/mol. The van der Waals surface area contributed by atoms with Crippen LogP contribution in [0.1, 0.15) is 142 Å². The largest absolute Gasteiger partial charge is 1.00 e. The topological polar surface area (TPSA) is 77.4 Å². The summed E-state index contributed by atoms with van der Waals surface area (Å²) in [5.41, 5.74) is 0. The van der Waals surface area contributed by atoms with Crippen LogP contribution in [-0.2, 0) is 10.1 Å². The quantitative estimate of drug-likeness (QED) is 0.165. The molecule has 1 N–H and O–H groups in total. The van der Waals surface area contributed by atoms with Crippen molar-refractivity contribution in [3.8, 4) is 0 Å². The third-order valence-electron chi connectivity index (χ3n) is 5.81. The minimum atomic E-state index is -4.66. The first-order valence-corrected chi connectivity index (χ1v) is 13.5. The summed E-state index contributed by atoms with van der Waals surface area (Å²) in [6.45, 7) is 4.27. The Morgan fingerprint density at radius 1 is 0.586 bits per heavy atom. The Labute approximate surface area is 204 Å². The summed E-state index contributed by atoms with van der Waals surface area (Å²) in [5.74, 6) is 0. The van der Waals surface area contributed by atoms with Gasteiger partial charge in [-0.1, -0.05) is 117 Å². The Bertz CT molecular complexity index is 442. The molecule has 0 heterocycles. The van der Waals surface area contributed by atoms with E-state index in [1.54, 1.807) is 0 Å². The average Bonchev–Trinajstić information content (AvgIpc) is 2.64. The molecule has 0 aromatic carbocycles. The molecule has 0 aromatic heterocycles. The van der Waals surface area contributed by atoms with Gasteiger partial charge in [-0.3, -0.25) is 0 Å². The second-order valence-electron chi connectivity index (χ2n) is 8.56. The molecule has 0 saturated heterocycles. The maximum Gasteiger partial charge on any atom is 1.00 e. The molecule has 0 fully saturated rings. The van der Waals surface area contributed by atoms with Crippen molar-refractivity contribution in [3.05, 3.63) is 0 Å². The molecule has 0 radical (unpaired) electrons. The molecule has 0 aliphatic carbocycles. The molecule has 0 aliphatic heterocycles. The van der Waals surface area contributed by atoms with E-state index in [2.05, 4.69) is 6.92 Å². The zero-order valence-corrected chi connectivity index (χ0v) is 22.5. The van der Waals surface area contributed by atoms with Crippen molar-refractivity contribution < 1.29 is 47.6 Å². The summed E-state index contributed by atoms with van der Waals surface area (Å²) in [4.78, 5) is -2.06. The van der Waals surface area contributed by atoms with Crippen molar-refractivity contribution in [3.63, 3.8) is 0 Å². The zero-order valence-electron chi connectivity index (χ0n) is 19.7. The van der Waals surface area contributed by atoms with Crippen molar-refractivity contribution in [2.75, 3.05) is 0 Å². The first kappa shape index (κ1) is 32.1. The molecule has 4 nitrogen and oxygen atoms in total. The molecule has 29 heavy (non-hydrogen) atoms. The summed E-state index contributed by atoms with van der Waals surface area (Å²) < 4.78 is 34.3. The van der Waals surface area contributed by atoms with Gasteiger partial charge in [-0.05, 0) is 25.7 Å². The predicted octanol–water partition coefficient (Wildman–Crippen LogP) is 4.07. The molecule has 0 saturated carbocycles. The molecule has 0 aliphatic rings. The summed E-state index contributed by atoms with van der Waals surface area (Å²) in [7, 11) is -4.66. The summed E-state index contributed by atoms with van der Waals surface area (Å²) in [6, 6.07) is 0. The second kappa shape index (κ2) is 20.8. The van der Waals surface area contributed by atoms with Crippen LogP contribution in [0.5, 0.6) is 0 Å². The van der Waals surface area contributed by atoms with Gasteiger partial charge in [0.25, 0.3) is 0 Å². The molecule has 0 bridgehead atoms. The Morgan fingerprint density at radius 2 is 0.828 bits per heavy atom. The molecule has 1 unspecified atom stereocenters. The minimum absolute atomic E-state index is 0. The van der Waals surface area contributed by atoms with E-state index in [4.69, 9.17) is 0 Å². The van der Waals surface area contributed by atoms with Crippen LogP contribution in [-0.4, -0.2) is 23.0 Å². The maximum absolute atomic E-state index is 11.4. The van der Waals surface area contributed by atoms with Gasteiger partial charge in [0, 0.05) is 0 Å². The third-order valence-corrected chi connectivity index (χ3v) is 7.15. The first-order chi connectivity index (χ1) is 13.4. The minimum Gasteiger partial charge on any atom is -0.746 e. The number of hydrogen-bond acceptors (Lipinski definition) is 4. The van der Waals surface area contributed by atoms with Gasteiger partial charge in [0.15, 0.2) is 4.93 Å². The Kier molecular flexibility index (Phi) is 22.9. The standard InChI is InChI=1S/C23H48O4S.Na/c1-3-5-7-8-9-10-11-12-13-14-15-16-17-18-20-22-23(24,28(25,26)27)21-19-6-4-2;/h24H,3-22H2,1-2H3,(H,25,26,27);/q;+1/p-1. The molecular weight excluding hydrogens is 395 g/mol. The van der Waals surface area contributed by atoms with Gasteiger partial charge in [-0.15, -0.1) is 0 Å². The van der Waals surface area contributed by atoms with E-state index in [-0.39, 0.29) is 42.4 Å². The smallest absolute Gasteiger partial charge is 0.746 e. The van der Waals surface area contributed by atoms with Crippen molar-refractivity contribution >= 4 is 10.1 Å². The molecule has 1 atom stereocenters. The fourth-order valence-corrected chi connectivity index (χ4v) is 4.59. The SMILES string of the molecule is CCCCCCCCCCCCCCCCCC(O)(CCCCC)S(=O)(=O)[O-].[Na+]. The van der Waals surface area contributed by atoms with E-state index in [1.807, 2.05) is 6.92 Å². The normalized spacial score (nSPS) is 13.8. The third kappa shape index (κ3) is 18.2. The Morgan fingerprint density at radius 3 is 1.14 bits per heavy atom. The van der Waals surface area contributed by atoms with Crippen LogP contribution in [0.25, 0.3) is 0 Å². The monoisotopic (exact) mass is 442 g/mol. The molecule has 0 amide bonds. The van der Waals surface area contributed by atoms with E-state index < -0.39 is 15.1 Å². The maximum atomic E-state index is 11.4. The van der Waals surface area contributed by atoms with Gasteiger partial charge < -0.3 is 9.66 Å². The molecule has 6 heteroatoms. The second-order valence-corrected chi connectivity index (χ2v) is 10.2. The van der Waals surface area contributed by atoms with Crippen molar-refractivity contribution in [1.82, 2.24) is 0 Å². The van der Waals surface area contributed by atoms with E-state index in [9.17, 15) is 18.1 Å². The van der Waals surface area contributed by atoms with Gasteiger partial charge in [0.2, 0.25) is 0 Å². The Hall–Kier alpha value is 0.870. The fraction of sp³-hybridized carbons (Fsp3) is 1.00. The van der Waals surface area contributed by atoms with Crippen LogP contribution in [0.2, 0.25) is 0 Å². The van der Waals surface area contributed by atoms with E-state index in [0.29, 0.717) is 12.8 Å². The van der Waals surface area contributed by atoms with Crippen LogP contribution < -0.4 is 29.6 Å². The number of rotatable bonds is 21. The van der Waals surface area contributed by atoms with E-state index >= 15 is 0 Å². The fourth-order valence-electron chi connectivity index (χ4n) is 3.80. The molecule has 0 spiro atoms. The van der Waals surface area contributed by atoms with E-state index in [0.717, 1.165) is 32.1 Å². The van der Waals surface area contributed by atoms with Crippen molar-refractivity contribution in [1.29, 1.82) is 0 Å². The van der Waals surface area contributed by atoms with Crippen LogP contribution in [0.3, 0.4) is 0 Å². The van der Waals surface area contributed by atoms with Crippen LogP contribution >= 0.6 is 0 Å². The first-order valence-electron chi connectivity index (χ1n) is 12.0. The summed E-state index contributed by atoms with van der Waals surface area (Å²) >= 11 is 0. The number of hydrogen-bond donors (Lipinski definition) is 1. The zero-order chi connectivity index (χ0) is 21.1. The average molecular weight is 443 g/mol. The van der Waals surface area contributed by atoms with Crippen molar-refractivity contribution in [2.24, 2.45) is 0 Å². The van der Waals surface area contributed by atoms with Crippen molar-refractivity contribution in [2.45, 2.75) is 147 Å². The molecule has 170 valence electrons. The summed E-state index contributed by atoms with van der Waals surface area (Å²) in [6.07, 6.45) is 21.1. The molecule has 0 aromatic rings. The van der Waals surface area contributed by atoms with Gasteiger partial charge in [-0.25, -0.2) is 8.42 Å². The van der Waals surface area contributed by atoms with Crippen LogP contribution in [0.4, 0.5) is 0 Å². The van der Waals surface area contributed by atoms with E-state index in [1.165, 1.54) is 70.6 Å². The van der Waals surface area contributed by atoms with Gasteiger partial charge in [-0.2, -0.15) is 0 Å². The van der Waals surface area contributed by atoms with Crippen LogP contribution in [0, 0.1) is 0 Å².